The molecule has 0 aliphatic rings. The highest BCUT2D eigenvalue weighted by atomic mass is 16.1. The third kappa shape index (κ3) is 1.96. The van der Waals surface area contributed by atoms with Crippen molar-refractivity contribution >= 4 is 5.78 Å². The van der Waals surface area contributed by atoms with Gasteiger partial charge in [0.25, 0.3) is 0 Å². The van der Waals surface area contributed by atoms with Gasteiger partial charge in [-0.05, 0) is 0 Å². The second-order valence-electron chi connectivity index (χ2n) is 3.28. The van der Waals surface area contributed by atoms with Gasteiger partial charge < -0.3 is 5.73 Å². The van der Waals surface area contributed by atoms with Gasteiger partial charge >= 0.3 is 0 Å². The van der Waals surface area contributed by atoms with Gasteiger partial charge in [0.1, 0.15) is 12.2 Å². The number of rotatable bonds is 4. The smallest absolute Gasteiger partial charge is 0.203 e. The van der Waals surface area contributed by atoms with Gasteiger partial charge in [0.2, 0.25) is 5.78 Å². The van der Waals surface area contributed by atoms with Crippen molar-refractivity contribution in [2.75, 3.05) is 0 Å². The highest BCUT2D eigenvalue weighted by molar-refractivity contribution is 5.93. The van der Waals surface area contributed by atoms with Gasteiger partial charge in [0, 0.05) is 13.6 Å². The van der Waals surface area contributed by atoms with Gasteiger partial charge in [0.05, 0.1) is 18.1 Å². The van der Waals surface area contributed by atoms with Crippen molar-refractivity contribution in [1.29, 1.82) is 0 Å². The van der Waals surface area contributed by atoms with E-state index in [2.05, 4.69) is 20.6 Å². The van der Waals surface area contributed by atoms with Crippen LogP contribution in [0.2, 0.25) is 0 Å². The van der Waals surface area contributed by atoms with E-state index in [1.807, 2.05) is 0 Å². The lowest BCUT2D eigenvalue weighted by molar-refractivity contribution is 0.0957. The second-order valence-corrected chi connectivity index (χ2v) is 3.28. The average Bonchev–Trinajstić information content (AvgIpc) is 2.86. The van der Waals surface area contributed by atoms with Crippen LogP contribution in [0.15, 0.2) is 12.4 Å². The molecule has 0 bridgehead atoms. The van der Waals surface area contributed by atoms with E-state index in [0.29, 0.717) is 17.9 Å². The lowest BCUT2D eigenvalue weighted by Crippen LogP contribution is -2.14. The largest absolute Gasteiger partial charge is 0.325 e. The van der Waals surface area contributed by atoms with Crippen LogP contribution in [0.4, 0.5) is 0 Å². The van der Waals surface area contributed by atoms with E-state index in [1.165, 1.54) is 15.6 Å². The third-order valence-electron chi connectivity index (χ3n) is 2.10. The molecule has 0 aromatic carbocycles. The lowest BCUT2D eigenvalue weighted by Gasteiger charge is -1.99. The summed E-state index contributed by atoms with van der Waals surface area (Å²) in [5.74, 6) is -0.124. The standard InChI is InChI=1S/C8H11N7O/c1-14-7(3-10-12-14)8(16)5-15-4-6(2-9)11-13-15/h3-4H,2,5,9H2,1H3. The summed E-state index contributed by atoms with van der Waals surface area (Å²) >= 11 is 0. The zero-order valence-electron chi connectivity index (χ0n) is 8.74. The first kappa shape index (κ1) is 10.4. The van der Waals surface area contributed by atoms with Crippen LogP contribution in [0.3, 0.4) is 0 Å². The van der Waals surface area contributed by atoms with Crippen molar-refractivity contribution in [3.05, 3.63) is 23.8 Å². The fourth-order valence-corrected chi connectivity index (χ4v) is 1.28. The Morgan fingerprint density at radius 1 is 1.50 bits per heavy atom. The molecular weight excluding hydrogens is 210 g/mol. The monoisotopic (exact) mass is 221 g/mol. The first-order valence-corrected chi connectivity index (χ1v) is 4.67. The molecule has 0 fully saturated rings. The predicted molar refractivity (Wildman–Crippen MR) is 53.2 cm³/mol. The van der Waals surface area contributed by atoms with Crippen LogP contribution in [0.1, 0.15) is 16.2 Å². The Morgan fingerprint density at radius 3 is 2.88 bits per heavy atom. The zero-order chi connectivity index (χ0) is 11.5. The van der Waals surface area contributed by atoms with Crippen molar-refractivity contribution in [2.45, 2.75) is 13.1 Å². The first-order chi connectivity index (χ1) is 7.70. The summed E-state index contributed by atoms with van der Waals surface area (Å²) in [5.41, 5.74) is 6.47. The van der Waals surface area contributed by atoms with Crippen LogP contribution in [0, 0.1) is 0 Å². The number of ketones is 1. The molecule has 0 saturated carbocycles. The summed E-state index contributed by atoms with van der Waals surface area (Å²) in [6.07, 6.45) is 3.06. The van der Waals surface area contributed by atoms with E-state index in [0.717, 1.165) is 0 Å². The van der Waals surface area contributed by atoms with Crippen molar-refractivity contribution in [3.8, 4) is 0 Å². The van der Waals surface area contributed by atoms with Crippen LogP contribution >= 0.6 is 0 Å². The Bertz CT molecular complexity index is 500. The van der Waals surface area contributed by atoms with Crippen LogP contribution in [-0.4, -0.2) is 35.8 Å². The summed E-state index contributed by atoms with van der Waals surface area (Å²) in [4.78, 5) is 11.8. The van der Waals surface area contributed by atoms with Crippen molar-refractivity contribution in [2.24, 2.45) is 12.8 Å². The van der Waals surface area contributed by atoms with E-state index in [9.17, 15) is 4.79 Å². The quantitative estimate of drug-likeness (QED) is 0.647. The minimum absolute atomic E-state index is 0.105. The Balaban J connectivity index is 2.11. The number of carbonyl (C=O) groups is 1. The second kappa shape index (κ2) is 4.19. The minimum Gasteiger partial charge on any atom is -0.325 e. The Labute approximate surface area is 91.0 Å². The average molecular weight is 221 g/mol. The van der Waals surface area contributed by atoms with E-state index >= 15 is 0 Å². The van der Waals surface area contributed by atoms with E-state index in [-0.39, 0.29) is 12.3 Å². The molecule has 0 amide bonds. The number of carbonyl (C=O) groups excluding carboxylic acids is 1. The van der Waals surface area contributed by atoms with E-state index in [1.54, 1.807) is 13.2 Å². The molecular formula is C8H11N7O. The molecule has 0 aliphatic heterocycles. The summed E-state index contributed by atoms with van der Waals surface area (Å²) < 4.78 is 2.86. The highest BCUT2D eigenvalue weighted by Gasteiger charge is 2.12. The normalized spacial score (nSPS) is 10.6. The molecule has 2 N–H and O–H groups in total. The van der Waals surface area contributed by atoms with E-state index < -0.39 is 0 Å². The topological polar surface area (TPSA) is 105 Å². The fraction of sp³-hybridized carbons (Fsp3) is 0.375. The molecule has 8 nitrogen and oxygen atoms in total. The van der Waals surface area contributed by atoms with E-state index in [4.69, 9.17) is 5.73 Å². The maximum atomic E-state index is 11.8. The van der Waals surface area contributed by atoms with Gasteiger partial charge in [-0.2, -0.15) is 0 Å². The van der Waals surface area contributed by atoms with Crippen molar-refractivity contribution in [3.63, 3.8) is 0 Å². The number of Topliss-reactive ketones (excluding diaryl/α,β-unsaturated/α-hetero) is 1. The molecule has 2 aromatic rings. The van der Waals surface area contributed by atoms with Gasteiger partial charge in [-0.15, -0.1) is 10.2 Å². The van der Waals surface area contributed by atoms with Crippen LogP contribution in [-0.2, 0) is 20.1 Å². The van der Waals surface area contributed by atoms with Gasteiger partial charge in [-0.3, -0.25) is 4.79 Å². The van der Waals surface area contributed by atoms with Crippen molar-refractivity contribution < 1.29 is 4.79 Å². The van der Waals surface area contributed by atoms with Crippen LogP contribution < -0.4 is 5.73 Å². The predicted octanol–water partition coefficient (Wildman–Crippen LogP) is -1.25. The Hall–Kier alpha value is -2.09. The molecule has 16 heavy (non-hydrogen) atoms. The Kier molecular flexibility index (Phi) is 2.73. The lowest BCUT2D eigenvalue weighted by atomic mass is 10.3. The molecule has 0 unspecified atom stereocenters. The zero-order valence-corrected chi connectivity index (χ0v) is 8.74. The fourth-order valence-electron chi connectivity index (χ4n) is 1.28. The first-order valence-electron chi connectivity index (χ1n) is 4.67. The Morgan fingerprint density at radius 2 is 2.31 bits per heavy atom. The molecule has 2 heterocycles. The maximum Gasteiger partial charge on any atom is 0.203 e. The molecule has 0 aliphatic carbocycles. The number of hydrogen-bond donors (Lipinski definition) is 1. The van der Waals surface area contributed by atoms with Crippen LogP contribution in [0.25, 0.3) is 0 Å². The molecule has 2 rings (SSSR count). The number of aryl methyl sites for hydroxylation is 1. The number of nitrogens with zero attached hydrogens (tertiary/aromatic N) is 6. The molecule has 0 spiro atoms. The summed E-state index contributed by atoms with van der Waals surface area (Å²) in [5, 5.41) is 14.9. The number of aromatic nitrogens is 6. The summed E-state index contributed by atoms with van der Waals surface area (Å²) in [6.45, 7) is 0.412. The summed E-state index contributed by atoms with van der Waals surface area (Å²) in [7, 11) is 1.66. The molecule has 8 heteroatoms. The van der Waals surface area contributed by atoms with Crippen LogP contribution in [0.5, 0.6) is 0 Å². The molecule has 0 radical (unpaired) electrons. The summed E-state index contributed by atoms with van der Waals surface area (Å²) in [6, 6.07) is 0. The van der Waals surface area contributed by atoms with Gasteiger partial charge in [0.15, 0.2) is 0 Å². The maximum absolute atomic E-state index is 11.8. The number of nitrogens with two attached hydrogens (primary N) is 1. The molecule has 0 saturated heterocycles. The SMILES string of the molecule is Cn1nncc1C(=O)Cn1cc(CN)nn1. The molecule has 0 atom stereocenters. The van der Waals surface area contributed by atoms with Gasteiger partial charge in [-0.1, -0.05) is 10.4 Å². The molecule has 84 valence electrons. The highest BCUT2D eigenvalue weighted by Crippen LogP contribution is 1.99. The third-order valence-corrected chi connectivity index (χ3v) is 2.10. The molecule has 2 aromatic heterocycles. The van der Waals surface area contributed by atoms with Gasteiger partial charge in [-0.25, -0.2) is 9.36 Å². The minimum atomic E-state index is -0.124. The number of hydrogen-bond acceptors (Lipinski definition) is 6. The van der Waals surface area contributed by atoms with Crippen molar-refractivity contribution in [1.82, 2.24) is 30.0 Å².